The lowest BCUT2D eigenvalue weighted by Crippen LogP contribution is -2.23. The summed E-state index contributed by atoms with van der Waals surface area (Å²) in [6.45, 7) is 8.02. The minimum Gasteiger partial charge on any atom is -0.390 e. The highest BCUT2D eigenvalue weighted by molar-refractivity contribution is 5.94. The molecule has 4 heteroatoms. The lowest BCUT2D eigenvalue weighted by Gasteiger charge is -2.16. The SMILES string of the molecule is Cc1cc(C)c(CNC(=O)c2cccc(CCC(C)(C)O)c2)cn1. The first-order chi connectivity index (χ1) is 11.2. The number of carbonyl (C=O) groups excluding carboxylic acids is 1. The van der Waals surface area contributed by atoms with Crippen LogP contribution in [-0.4, -0.2) is 21.6 Å². The largest absolute Gasteiger partial charge is 0.390 e. The second-order valence-corrected chi connectivity index (χ2v) is 6.95. The Labute approximate surface area is 143 Å². The number of nitrogens with one attached hydrogen (secondary N) is 1. The van der Waals surface area contributed by atoms with E-state index in [0.717, 1.165) is 28.8 Å². The molecule has 0 fully saturated rings. The molecule has 0 aliphatic carbocycles. The number of amides is 1. The summed E-state index contributed by atoms with van der Waals surface area (Å²) in [5.74, 6) is -0.0971. The summed E-state index contributed by atoms with van der Waals surface area (Å²) < 4.78 is 0. The minimum atomic E-state index is -0.700. The third kappa shape index (κ3) is 5.46. The van der Waals surface area contributed by atoms with Crippen LogP contribution < -0.4 is 5.32 Å². The van der Waals surface area contributed by atoms with E-state index < -0.39 is 5.60 Å². The number of nitrogens with zero attached hydrogens (tertiary/aromatic N) is 1. The zero-order valence-electron chi connectivity index (χ0n) is 14.9. The Bertz CT molecular complexity index is 718. The quantitative estimate of drug-likeness (QED) is 0.856. The van der Waals surface area contributed by atoms with Crippen LogP contribution in [0.15, 0.2) is 36.5 Å². The third-order valence-electron chi connectivity index (χ3n) is 4.01. The highest BCUT2D eigenvalue weighted by Gasteiger charge is 2.13. The van der Waals surface area contributed by atoms with Gasteiger partial charge in [-0.25, -0.2) is 0 Å². The Morgan fingerprint density at radius 2 is 2.00 bits per heavy atom. The molecule has 128 valence electrons. The first-order valence-corrected chi connectivity index (χ1v) is 8.26. The van der Waals surface area contributed by atoms with Crippen LogP contribution in [0.1, 0.15) is 53.0 Å². The fourth-order valence-corrected chi connectivity index (χ4v) is 2.51. The molecule has 0 saturated heterocycles. The van der Waals surface area contributed by atoms with E-state index in [-0.39, 0.29) is 5.91 Å². The number of pyridine rings is 1. The fraction of sp³-hybridized carbons (Fsp3) is 0.400. The van der Waals surface area contributed by atoms with Crippen molar-refractivity contribution in [3.05, 3.63) is 64.5 Å². The summed E-state index contributed by atoms with van der Waals surface area (Å²) in [5, 5.41) is 12.8. The van der Waals surface area contributed by atoms with Gasteiger partial charge in [0, 0.05) is 24.0 Å². The van der Waals surface area contributed by atoms with E-state index in [1.165, 1.54) is 0 Å². The Hall–Kier alpha value is -2.20. The van der Waals surface area contributed by atoms with Crippen molar-refractivity contribution in [3.63, 3.8) is 0 Å². The Morgan fingerprint density at radius 1 is 1.25 bits per heavy atom. The first kappa shape index (κ1) is 18.1. The number of aliphatic hydroxyl groups is 1. The van der Waals surface area contributed by atoms with Crippen molar-refractivity contribution in [3.8, 4) is 0 Å². The summed E-state index contributed by atoms with van der Waals surface area (Å²) >= 11 is 0. The summed E-state index contributed by atoms with van der Waals surface area (Å²) in [4.78, 5) is 16.6. The van der Waals surface area contributed by atoms with E-state index in [0.29, 0.717) is 18.5 Å². The molecule has 0 saturated carbocycles. The van der Waals surface area contributed by atoms with Gasteiger partial charge < -0.3 is 10.4 Å². The summed E-state index contributed by atoms with van der Waals surface area (Å²) in [5.41, 5.74) is 4.11. The van der Waals surface area contributed by atoms with Gasteiger partial charge in [0.25, 0.3) is 5.91 Å². The van der Waals surface area contributed by atoms with Gasteiger partial charge in [-0.1, -0.05) is 12.1 Å². The summed E-state index contributed by atoms with van der Waals surface area (Å²) in [7, 11) is 0. The molecule has 0 aliphatic rings. The molecule has 0 bridgehead atoms. The first-order valence-electron chi connectivity index (χ1n) is 8.26. The van der Waals surface area contributed by atoms with E-state index in [9.17, 15) is 9.90 Å². The molecule has 1 aromatic heterocycles. The summed E-state index contributed by atoms with van der Waals surface area (Å²) in [6.07, 6.45) is 3.21. The van der Waals surface area contributed by atoms with Crippen LogP contribution in [0.2, 0.25) is 0 Å². The van der Waals surface area contributed by atoms with E-state index in [4.69, 9.17) is 0 Å². The van der Waals surface area contributed by atoms with E-state index in [1.807, 2.05) is 50.4 Å². The lowest BCUT2D eigenvalue weighted by atomic mass is 9.98. The van der Waals surface area contributed by atoms with E-state index in [1.54, 1.807) is 13.8 Å². The van der Waals surface area contributed by atoms with Gasteiger partial charge in [0.2, 0.25) is 0 Å². The van der Waals surface area contributed by atoms with Crippen molar-refractivity contribution in [2.75, 3.05) is 0 Å². The van der Waals surface area contributed by atoms with Crippen LogP contribution in [-0.2, 0) is 13.0 Å². The zero-order valence-corrected chi connectivity index (χ0v) is 14.9. The standard InChI is InChI=1S/C20H26N2O2/c1-14-10-15(2)21-12-18(14)13-22-19(23)17-7-5-6-16(11-17)8-9-20(3,4)24/h5-7,10-12,24H,8-9,13H2,1-4H3,(H,22,23). The second-order valence-electron chi connectivity index (χ2n) is 6.95. The zero-order chi connectivity index (χ0) is 17.7. The average molecular weight is 326 g/mol. The molecule has 0 atom stereocenters. The Balaban J connectivity index is 1.99. The highest BCUT2D eigenvalue weighted by Crippen LogP contribution is 2.15. The minimum absolute atomic E-state index is 0.0971. The van der Waals surface area contributed by atoms with Crippen molar-refractivity contribution in [2.45, 2.75) is 52.7 Å². The van der Waals surface area contributed by atoms with Crippen molar-refractivity contribution in [1.82, 2.24) is 10.3 Å². The van der Waals surface area contributed by atoms with Crippen molar-refractivity contribution in [1.29, 1.82) is 0 Å². The maximum atomic E-state index is 12.4. The Morgan fingerprint density at radius 3 is 2.67 bits per heavy atom. The van der Waals surface area contributed by atoms with Crippen molar-refractivity contribution < 1.29 is 9.90 Å². The van der Waals surface area contributed by atoms with Gasteiger partial charge in [-0.3, -0.25) is 9.78 Å². The molecular weight excluding hydrogens is 300 g/mol. The lowest BCUT2D eigenvalue weighted by molar-refractivity contribution is 0.0714. The molecule has 0 spiro atoms. The molecule has 2 N–H and O–H groups in total. The number of aromatic nitrogens is 1. The van der Waals surface area contributed by atoms with Crippen molar-refractivity contribution in [2.24, 2.45) is 0 Å². The molecule has 1 aromatic carbocycles. The van der Waals surface area contributed by atoms with Crippen LogP contribution in [0.5, 0.6) is 0 Å². The average Bonchev–Trinajstić information content (AvgIpc) is 2.51. The number of hydrogen-bond donors (Lipinski definition) is 2. The van der Waals surface area contributed by atoms with Gasteiger partial charge in [0.1, 0.15) is 0 Å². The summed E-state index contributed by atoms with van der Waals surface area (Å²) in [6, 6.07) is 9.58. The predicted octanol–water partition coefficient (Wildman–Crippen LogP) is 3.33. The molecule has 2 aromatic rings. The molecular formula is C20H26N2O2. The number of carbonyl (C=O) groups is 1. The molecule has 0 aliphatic heterocycles. The normalized spacial score (nSPS) is 11.4. The van der Waals surface area contributed by atoms with Crippen molar-refractivity contribution >= 4 is 5.91 Å². The number of rotatable bonds is 6. The number of hydrogen-bond acceptors (Lipinski definition) is 3. The van der Waals surface area contributed by atoms with Crippen LogP contribution in [0, 0.1) is 13.8 Å². The maximum absolute atomic E-state index is 12.4. The number of aryl methyl sites for hydroxylation is 3. The monoisotopic (exact) mass is 326 g/mol. The predicted molar refractivity (Wildman–Crippen MR) is 95.9 cm³/mol. The maximum Gasteiger partial charge on any atom is 0.251 e. The van der Waals surface area contributed by atoms with E-state index in [2.05, 4.69) is 10.3 Å². The molecule has 2 rings (SSSR count). The molecule has 4 nitrogen and oxygen atoms in total. The highest BCUT2D eigenvalue weighted by atomic mass is 16.3. The van der Waals surface area contributed by atoms with Crippen LogP contribution in [0.3, 0.4) is 0 Å². The Kier molecular flexibility index (Phi) is 5.73. The molecule has 1 amide bonds. The van der Waals surface area contributed by atoms with Gasteiger partial charge >= 0.3 is 0 Å². The van der Waals surface area contributed by atoms with Gasteiger partial charge in [0.05, 0.1) is 5.60 Å². The van der Waals surface area contributed by atoms with Gasteiger partial charge in [-0.05, 0) is 75.4 Å². The second kappa shape index (κ2) is 7.58. The van der Waals surface area contributed by atoms with Gasteiger partial charge in [-0.15, -0.1) is 0 Å². The number of benzene rings is 1. The molecule has 24 heavy (non-hydrogen) atoms. The smallest absolute Gasteiger partial charge is 0.251 e. The van der Waals surface area contributed by atoms with E-state index >= 15 is 0 Å². The molecule has 0 unspecified atom stereocenters. The van der Waals surface area contributed by atoms with Gasteiger partial charge in [-0.2, -0.15) is 0 Å². The van der Waals surface area contributed by atoms with Crippen LogP contribution in [0.4, 0.5) is 0 Å². The molecule has 1 heterocycles. The van der Waals surface area contributed by atoms with Crippen LogP contribution >= 0.6 is 0 Å². The topological polar surface area (TPSA) is 62.2 Å². The van der Waals surface area contributed by atoms with Crippen LogP contribution in [0.25, 0.3) is 0 Å². The van der Waals surface area contributed by atoms with Gasteiger partial charge in [0.15, 0.2) is 0 Å². The fourth-order valence-electron chi connectivity index (χ4n) is 2.51. The third-order valence-corrected chi connectivity index (χ3v) is 4.01. The molecule has 0 radical (unpaired) electrons.